The third-order valence-corrected chi connectivity index (χ3v) is 2.68. The molecular formula is C13H17BrFN. The minimum atomic E-state index is -0.227. The van der Waals surface area contributed by atoms with Crippen LogP contribution in [0.3, 0.4) is 0 Å². The van der Waals surface area contributed by atoms with Crippen LogP contribution in [0.4, 0.5) is 4.39 Å². The number of nitrogens with one attached hydrogen (secondary N) is 1. The minimum absolute atomic E-state index is 0.227. The van der Waals surface area contributed by atoms with Gasteiger partial charge < -0.3 is 5.32 Å². The van der Waals surface area contributed by atoms with Gasteiger partial charge in [-0.1, -0.05) is 32.1 Å². The van der Waals surface area contributed by atoms with Crippen molar-refractivity contribution in [2.75, 3.05) is 13.1 Å². The molecule has 88 valence electrons. The zero-order valence-corrected chi connectivity index (χ0v) is 11.2. The van der Waals surface area contributed by atoms with Crippen LogP contribution in [0.5, 0.6) is 0 Å². The van der Waals surface area contributed by atoms with Crippen molar-refractivity contribution >= 4 is 22.0 Å². The van der Waals surface area contributed by atoms with E-state index in [0.29, 0.717) is 10.4 Å². The lowest BCUT2D eigenvalue weighted by Crippen LogP contribution is -2.19. The molecule has 0 aromatic heterocycles. The van der Waals surface area contributed by atoms with E-state index in [1.165, 1.54) is 6.07 Å². The summed E-state index contributed by atoms with van der Waals surface area (Å²) in [6.45, 7) is 6.20. The van der Waals surface area contributed by atoms with E-state index in [-0.39, 0.29) is 5.82 Å². The van der Waals surface area contributed by atoms with E-state index in [9.17, 15) is 4.39 Å². The molecule has 0 spiro atoms. The first kappa shape index (κ1) is 13.4. The van der Waals surface area contributed by atoms with E-state index in [0.717, 1.165) is 18.7 Å². The molecule has 0 radical (unpaired) electrons. The van der Waals surface area contributed by atoms with Gasteiger partial charge in [0.05, 0.1) is 4.47 Å². The first-order chi connectivity index (χ1) is 7.59. The molecule has 0 saturated carbocycles. The molecule has 0 bridgehead atoms. The van der Waals surface area contributed by atoms with Crippen LogP contribution in [0.1, 0.15) is 19.4 Å². The van der Waals surface area contributed by atoms with Gasteiger partial charge in [-0.15, -0.1) is 0 Å². The fourth-order valence-electron chi connectivity index (χ4n) is 1.27. The smallest absolute Gasteiger partial charge is 0.137 e. The maximum atomic E-state index is 12.9. The maximum Gasteiger partial charge on any atom is 0.137 e. The van der Waals surface area contributed by atoms with Crippen molar-refractivity contribution in [2.24, 2.45) is 5.92 Å². The first-order valence-corrected chi connectivity index (χ1v) is 6.21. The number of rotatable bonds is 5. The molecule has 0 unspecified atom stereocenters. The monoisotopic (exact) mass is 285 g/mol. The molecule has 0 aliphatic rings. The van der Waals surface area contributed by atoms with Gasteiger partial charge in [0, 0.05) is 6.54 Å². The van der Waals surface area contributed by atoms with Crippen LogP contribution in [0.15, 0.2) is 28.7 Å². The molecule has 0 saturated heterocycles. The Balaban J connectivity index is 2.41. The molecule has 0 aliphatic heterocycles. The molecule has 16 heavy (non-hydrogen) atoms. The molecule has 0 fully saturated rings. The summed E-state index contributed by atoms with van der Waals surface area (Å²) in [5.74, 6) is 0.434. The Labute approximate surface area is 105 Å². The average molecular weight is 286 g/mol. The first-order valence-electron chi connectivity index (χ1n) is 5.42. The van der Waals surface area contributed by atoms with E-state index >= 15 is 0 Å². The highest BCUT2D eigenvalue weighted by Crippen LogP contribution is 2.17. The second-order valence-corrected chi connectivity index (χ2v) is 4.98. The topological polar surface area (TPSA) is 12.0 Å². The van der Waals surface area contributed by atoms with Gasteiger partial charge in [0.2, 0.25) is 0 Å². The van der Waals surface area contributed by atoms with Gasteiger partial charge in [-0.05, 0) is 46.1 Å². The van der Waals surface area contributed by atoms with Crippen molar-refractivity contribution in [3.8, 4) is 0 Å². The largest absolute Gasteiger partial charge is 0.313 e. The summed E-state index contributed by atoms with van der Waals surface area (Å²) in [5.41, 5.74) is 1.000. The lowest BCUT2D eigenvalue weighted by Gasteiger charge is -2.03. The van der Waals surface area contributed by atoms with Crippen molar-refractivity contribution in [1.82, 2.24) is 5.32 Å². The molecule has 1 aromatic carbocycles. The summed E-state index contributed by atoms with van der Waals surface area (Å²) >= 11 is 3.16. The normalized spacial score (nSPS) is 11.6. The predicted octanol–water partition coefficient (Wildman–Crippen LogP) is 3.85. The van der Waals surface area contributed by atoms with Crippen molar-refractivity contribution in [3.05, 3.63) is 40.1 Å². The minimum Gasteiger partial charge on any atom is -0.313 e. The Morgan fingerprint density at radius 1 is 1.44 bits per heavy atom. The summed E-state index contributed by atoms with van der Waals surface area (Å²) in [5, 5.41) is 3.31. The van der Waals surface area contributed by atoms with Crippen LogP contribution < -0.4 is 5.32 Å². The Kier molecular flexibility index (Phi) is 5.71. The zero-order chi connectivity index (χ0) is 12.0. The van der Waals surface area contributed by atoms with Crippen LogP contribution in [-0.4, -0.2) is 13.1 Å². The summed E-state index contributed by atoms with van der Waals surface area (Å²) in [4.78, 5) is 0. The van der Waals surface area contributed by atoms with Crippen LogP contribution in [0, 0.1) is 11.7 Å². The third-order valence-electron chi connectivity index (χ3n) is 2.07. The molecule has 1 N–H and O–H groups in total. The fraction of sp³-hybridized carbons (Fsp3) is 0.385. The van der Waals surface area contributed by atoms with E-state index in [1.54, 1.807) is 12.1 Å². The molecule has 0 heterocycles. The Morgan fingerprint density at radius 2 is 2.19 bits per heavy atom. The number of benzene rings is 1. The molecule has 0 aliphatic carbocycles. The van der Waals surface area contributed by atoms with E-state index < -0.39 is 0 Å². The quantitative estimate of drug-likeness (QED) is 0.811. The van der Waals surface area contributed by atoms with Crippen molar-refractivity contribution in [1.29, 1.82) is 0 Å². The van der Waals surface area contributed by atoms with E-state index in [4.69, 9.17) is 0 Å². The Morgan fingerprint density at radius 3 is 2.81 bits per heavy atom. The molecule has 0 amide bonds. The molecule has 0 atom stereocenters. The Hall–Kier alpha value is -0.670. The summed E-state index contributed by atoms with van der Waals surface area (Å²) in [6, 6.07) is 5.00. The van der Waals surface area contributed by atoms with Gasteiger partial charge in [-0.3, -0.25) is 0 Å². The standard InChI is InChI=1S/C13H17BrFN/c1-10(2)9-16-7-3-4-11-5-6-13(15)12(14)8-11/h3-6,8,10,16H,7,9H2,1-2H3. The van der Waals surface area contributed by atoms with Crippen LogP contribution >= 0.6 is 15.9 Å². The van der Waals surface area contributed by atoms with Crippen molar-refractivity contribution in [3.63, 3.8) is 0 Å². The van der Waals surface area contributed by atoms with Gasteiger partial charge >= 0.3 is 0 Å². The summed E-state index contributed by atoms with van der Waals surface area (Å²) in [6.07, 6.45) is 4.03. The van der Waals surface area contributed by atoms with Gasteiger partial charge in [0.15, 0.2) is 0 Å². The van der Waals surface area contributed by atoms with Crippen LogP contribution in [-0.2, 0) is 0 Å². The van der Waals surface area contributed by atoms with Gasteiger partial charge in [-0.2, -0.15) is 0 Å². The van der Waals surface area contributed by atoms with Gasteiger partial charge in [-0.25, -0.2) is 4.39 Å². The summed E-state index contributed by atoms with van der Waals surface area (Å²) in [7, 11) is 0. The lowest BCUT2D eigenvalue weighted by atomic mass is 10.2. The molecular weight excluding hydrogens is 269 g/mol. The van der Waals surface area contributed by atoms with E-state index in [2.05, 4.69) is 35.1 Å². The second kappa shape index (κ2) is 6.81. The summed E-state index contributed by atoms with van der Waals surface area (Å²) < 4.78 is 13.5. The molecule has 1 aromatic rings. The highest BCUT2D eigenvalue weighted by molar-refractivity contribution is 9.10. The number of halogens is 2. The molecule has 1 nitrogen and oxygen atoms in total. The van der Waals surface area contributed by atoms with Gasteiger partial charge in [0.1, 0.15) is 5.82 Å². The predicted molar refractivity (Wildman–Crippen MR) is 70.8 cm³/mol. The second-order valence-electron chi connectivity index (χ2n) is 4.13. The van der Waals surface area contributed by atoms with Crippen LogP contribution in [0.2, 0.25) is 0 Å². The Bertz CT molecular complexity index is 361. The fourth-order valence-corrected chi connectivity index (χ4v) is 1.66. The number of hydrogen-bond donors (Lipinski definition) is 1. The number of hydrogen-bond acceptors (Lipinski definition) is 1. The van der Waals surface area contributed by atoms with E-state index in [1.807, 2.05) is 12.2 Å². The average Bonchev–Trinajstić information content (AvgIpc) is 2.22. The van der Waals surface area contributed by atoms with Crippen LogP contribution in [0.25, 0.3) is 6.08 Å². The van der Waals surface area contributed by atoms with Gasteiger partial charge in [0.25, 0.3) is 0 Å². The SMILES string of the molecule is CC(C)CNCC=Cc1ccc(F)c(Br)c1. The molecule has 1 rings (SSSR count). The zero-order valence-electron chi connectivity index (χ0n) is 9.63. The highest BCUT2D eigenvalue weighted by atomic mass is 79.9. The van der Waals surface area contributed by atoms with Crippen molar-refractivity contribution < 1.29 is 4.39 Å². The maximum absolute atomic E-state index is 12.9. The third kappa shape index (κ3) is 4.90. The lowest BCUT2D eigenvalue weighted by molar-refractivity contribution is 0.577. The van der Waals surface area contributed by atoms with Crippen molar-refractivity contribution in [2.45, 2.75) is 13.8 Å². The molecule has 3 heteroatoms. The highest BCUT2D eigenvalue weighted by Gasteiger charge is 1.97.